The summed E-state index contributed by atoms with van der Waals surface area (Å²) in [5.74, 6) is 0. The number of aromatic nitrogens is 5. The molecule has 0 aliphatic rings. The van der Waals surface area contributed by atoms with Gasteiger partial charge in [-0.15, -0.1) is 0 Å². The highest BCUT2D eigenvalue weighted by Gasteiger charge is 2.16. The lowest BCUT2D eigenvalue weighted by atomic mass is 9.94. The number of fused-ring (bicyclic) bond motifs is 12. The molecule has 0 aliphatic carbocycles. The summed E-state index contributed by atoms with van der Waals surface area (Å²) < 4.78 is 0. The summed E-state index contributed by atoms with van der Waals surface area (Å²) in [5, 5.41) is 8.87. The standard InChI is InChI=1S/C49H29N5/c1-2-8-30(9-3-1)31-14-16-32(17-15-31)35-28-44(33-18-20-40-42(26-33)36-10-4-6-12-38(36)46-48(40)52-24-22-50-46)54-45(29-35)34-19-21-41-43(27-34)37-11-5-7-13-39(37)47-49(41)53-25-23-51-47/h1-29H. The molecule has 0 N–H and O–H groups in total. The highest BCUT2D eigenvalue weighted by molar-refractivity contribution is 6.24. The third kappa shape index (κ3) is 4.83. The zero-order chi connectivity index (χ0) is 35.6. The number of pyridine rings is 1. The third-order valence-electron chi connectivity index (χ3n) is 10.6. The molecule has 0 radical (unpaired) electrons. The van der Waals surface area contributed by atoms with Gasteiger partial charge in [-0.25, -0.2) is 4.98 Å². The maximum atomic E-state index is 5.41. The second-order valence-electron chi connectivity index (χ2n) is 13.7. The van der Waals surface area contributed by atoms with Crippen molar-refractivity contribution in [2.45, 2.75) is 0 Å². The van der Waals surface area contributed by atoms with E-state index in [1.165, 1.54) is 11.1 Å². The van der Waals surface area contributed by atoms with E-state index in [0.29, 0.717) is 0 Å². The topological polar surface area (TPSA) is 64.5 Å². The second-order valence-corrected chi connectivity index (χ2v) is 13.7. The lowest BCUT2D eigenvalue weighted by Gasteiger charge is -2.14. The number of rotatable bonds is 4. The van der Waals surface area contributed by atoms with E-state index in [1.807, 2.05) is 0 Å². The quantitative estimate of drug-likeness (QED) is 0.172. The van der Waals surface area contributed by atoms with E-state index in [2.05, 4.69) is 152 Å². The van der Waals surface area contributed by atoms with Crippen LogP contribution in [-0.2, 0) is 0 Å². The maximum absolute atomic E-state index is 5.41. The van der Waals surface area contributed by atoms with Gasteiger partial charge in [-0.05, 0) is 68.1 Å². The van der Waals surface area contributed by atoms with Crippen LogP contribution in [0.2, 0.25) is 0 Å². The summed E-state index contributed by atoms with van der Waals surface area (Å²) in [5.41, 5.74) is 12.1. The molecule has 11 aromatic rings. The largest absolute Gasteiger partial charge is 0.252 e. The Morgan fingerprint density at radius 1 is 0.241 bits per heavy atom. The number of hydrogen-bond acceptors (Lipinski definition) is 5. The molecule has 0 saturated heterocycles. The number of hydrogen-bond donors (Lipinski definition) is 0. The van der Waals surface area contributed by atoms with Gasteiger partial charge in [0.05, 0.1) is 33.5 Å². The van der Waals surface area contributed by atoms with Gasteiger partial charge in [0.2, 0.25) is 0 Å². The minimum absolute atomic E-state index is 0.897. The Hall–Kier alpha value is -7.37. The van der Waals surface area contributed by atoms with Crippen LogP contribution in [0.1, 0.15) is 0 Å². The molecule has 3 aromatic heterocycles. The van der Waals surface area contributed by atoms with Crippen molar-refractivity contribution in [1.82, 2.24) is 24.9 Å². The van der Waals surface area contributed by atoms with Gasteiger partial charge in [0, 0.05) is 57.5 Å². The molecule has 0 amide bonds. The van der Waals surface area contributed by atoms with Crippen LogP contribution in [0.15, 0.2) is 176 Å². The molecule has 8 aromatic carbocycles. The Bertz CT molecular complexity index is 3020. The Kier molecular flexibility index (Phi) is 6.79. The fourth-order valence-corrected chi connectivity index (χ4v) is 8.06. The highest BCUT2D eigenvalue weighted by Crippen LogP contribution is 2.39. The molecular formula is C49H29N5. The van der Waals surface area contributed by atoms with Crippen molar-refractivity contribution >= 4 is 65.2 Å². The summed E-state index contributed by atoms with van der Waals surface area (Å²) in [4.78, 5) is 24.4. The van der Waals surface area contributed by atoms with Crippen molar-refractivity contribution in [3.05, 3.63) is 176 Å². The zero-order valence-electron chi connectivity index (χ0n) is 29.0. The maximum Gasteiger partial charge on any atom is 0.0971 e. The van der Waals surface area contributed by atoms with Crippen molar-refractivity contribution in [2.24, 2.45) is 0 Å². The first-order valence-corrected chi connectivity index (χ1v) is 18.1. The summed E-state index contributed by atoms with van der Waals surface area (Å²) in [7, 11) is 0. The van der Waals surface area contributed by atoms with Crippen LogP contribution >= 0.6 is 0 Å². The van der Waals surface area contributed by atoms with Crippen molar-refractivity contribution in [3.63, 3.8) is 0 Å². The fraction of sp³-hybridized carbons (Fsp3) is 0. The minimum atomic E-state index is 0.897. The molecule has 0 spiro atoms. The van der Waals surface area contributed by atoms with E-state index in [1.54, 1.807) is 24.8 Å². The second kappa shape index (κ2) is 12.1. The average Bonchev–Trinajstić information content (AvgIpc) is 3.26. The molecule has 54 heavy (non-hydrogen) atoms. The smallest absolute Gasteiger partial charge is 0.0971 e. The van der Waals surface area contributed by atoms with Crippen LogP contribution in [0.5, 0.6) is 0 Å². The summed E-state index contributed by atoms with van der Waals surface area (Å²) in [6, 6.07) is 53.9. The van der Waals surface area contributed by atoms with Gasteiger partial charge in [-0.1, -0.05) is 127 Å². The molecule has 0 aliphatic heterocycles. The number of nitrogens with zero attached hydrogens (tertiary/aromatic N) is 5. The van der Waals surface area contributed by atoms with Crippen LogP contribution in [-0.4, -0.2) is 24.9 Å². The van der Waals surface area contributed by atoms with E-state index in [9.17, 15) is 0 Å². The first-order valence-electron chi connectivity index (χ1n) is 18.1. The molecule has 250 valence electrons. The molecule has 3 heterocycles. The lowest BCUT2D eigenvalue weighted by molar-refractivity contribution is 1.31. The first-order chi connectivity index (χ1) is 26.8. The van der Waals surface area contributed by atoms with E-state index in [-0.39, 0.29) is 0 Å². The van der Waals surface area contributed by atoms with Crippen LogP contribution in [0.25, 0.3) is 110 Å². The summed E-state index contributed by atoms with van der Waals surface area (Å²) in [6.07, 6.45) is 7.08. The van der Waals surface area contributed by atoms with Crippen molar-refractivity contribution < 1.29 is 0 Å². The average molecular weight is 688 g/mol. The van der Waals surface area contributed by atoms with Crippen molar-refractivity contribution in [2.75, 3.05) is 0 Å². The fourth-order valence-electron chi connectivity index (χ4n) is 8.06. The molecule has 0 saturated carbocycles. The molecule has 5 heteroatoms. The van der Waals surface area contributed by atoms with E-state index < -0.39 is 0 Å². The molecule has 0 unspecified atom stereocenters. The minimum Gasteiger partial charge on any atom is -0.252 e. The number of benzene rings is 8. The van der Waals surface area contributed by atoms with Gasteiger partial charge in [0.25, 0.3) is 0 Å². The Morgan fingerprint density at radius 2 is 0.593 bits per heavy atom. The molecule has 0 atom stereocenters. The van der Waals surface area contributed by atoms with Crippen molar-refractivity contribution in [1.29, 1.82) is 0 Å². The van der Waals surface area contributed by atoms with Crippen LogP contribution in [0.3, 0.4) is 0 Å². The van der Waals surface area contributed by atoms with Crippen LogP contribution in [0, 0.1) is 0 Å². The van der Waals surface area contributed by atoms with Gasteiger partial charge in [0.15, 0.2) is 0 Å². The molecular weight excluding hydrogens is 659 g/mol. The normalized spacial score (nSPS) is 11.7. The van der Waals surface area contributed by atoms with E-state index >= 15 is 0 Å². The summed E-state index contributed by atoms with van der Waals surface area (Å²) >= 11 is 0. The third-order valence-corrected chi connectivity index (χ3v) is 10.6. The predicted molar refractivity (Wildman–Crippen MR) is 222 cm³/mol. The zero-order valence-corrected chi connectivity index (χ0v) is 29.0. The molecule has 0 bridgehead atoms. The van der Waals surface area contributed by atoms with E-state index in [0.717, 1.165) is 98.8 Å². The van der Waals surface area contributed by atoms with Crippen LogP contribution < -0.4 is 0 Å². The first kappa shape index (κ1) is 30.3. The van der Waals surface area contributed by atoms with Gasteiger partial charge < -0.3 is 0 Å². The molecule has 5 nitrogen and oxygen atoms in total. The predicted octanol–water partition coefficient (Wildman–Crippen LogP) is 12.2. The van der Waals surface area contributed by atoms with Crippen molar-refractivity contribution in [3.8, 4) is 44.8 Å². The van der Waals surface area contributed by atoms with Gasteiger partial charge >= 0.3 is 0 Å². The Morgan fingerprint density at radius 3 is 1.06 bits per heavy atom. The summed E-state index contributed by atoms with van der Waals surface area (Å²) in [6.45, 7) is 0. The van der Waals surface area contributed by atoms with Gasteiger partial charge in [-0.2, -0.15) is 0 Å². The lowest BCUT2D eigenvalue weighted by Crippen LogP contribution is -1.93. The molecule has 11 rings (SSSR count). The monoisotopic (exact) mass is 687 g/mol. The van der Waals surface area contributed by atoms with Crippen LogP contribution in [0.4, 0.5) is 0 Å². The SMILES string of the molecule is c1ccc(-c2ccc(-c3cc(-c4ccc5c(c4)c4ccccc4c4nccnc54)nc(-c4ccc5c(c4)c4ccccc4c4nccnc54)c3)cc2)cc1. The highest BCUT2D eigenvalue weighted by atomic mass is 14.8. The molecule has 0 fully saturated rings. The van der Waals surface area contributed by atoms with Gasteiger partial charge in [0.1, 0.15) is 0 Å². The van der Waals surface area contributed by atoms with Gasteiger partial charge in [-0.3, -0.25) is 19.9 Å². The van der Waals surface area contributed by atoms with E-state index in [4.69, 9.17) is 24.9 Å². The Balaban J connectivity index is 1.14. The Labute approximate surface area is 310 Å².